The molecule has 2 fully saturated rings. The number of nitrogens with zero attached hydrogens (tertiary/aromatic N) is 1. The standard InChI is InChI=1S/C21H26F3NO3/c22-21(23,24)13-25-10-6-17(12-25)28-16-2-1-14-3-7-20(18(14)11-16)8-4-15(5-9-20)19(26)27/h1-2,11,15,17H,3-10,12-13H2,(H,26,27). The summed E-state index contributed by atoms with van der Waals surface area (Å²) in [7, 11) is 0. The van der Waals surface area contributed by atoms with Crippen LogP contribution in [0, 0.1) is 5.92 Å². The fourth-order valence-corrected chi connectivity index (χ4v) is 5.27. The van der Waals surface area contributed by atoms with Crippen molar-refractivity contribution in [3.8, 4) is 5.75 Å². The number of rotatable bonds is 4. The molecule has 0 aromatic heterocycles. The van der Waals surface area contributed by atoms with Gasteiger partial charge >= 0.3 is 12.1 Å². The van der Waals surface area contributed by atoms with Crippen molar-refractivity contribution in [2.75, 3.05) is 19.6 Å². The fraction of sp³-hybridized carbons (Fsp3) is 0.667. The zero-order valence-corrected chi connectivity index (χ0v) is 15.8. The van der Waals surface area contributed by atoms with E-state index in [9.17, 15) is 23.1 Å². The van der Waals surface area contributed by atoms with Crippen molar-refractivity contribution in [1.29, 1.82) is 0 Å². The number of carboxylic acid groups (broad SMARTS) is 1. The van der Waals surface area contributed by atoms with E-state index in [4.69, 9.17) is 4.74 Å². The smallest absolute Gasteiger partial charge is 0.401 e. The Hall–Kier alpha value is -1.76. The second-order valence-electron chi connectivity index (χ2n) is 8.59. The van der Waals surface area contributed by atoms with Gasteiger partial charge in [0.1, 0.15) is 11.9 Å². The van der Waals surface area contributed by atoms with Gasteiger partial charge in [0.05, 0.1) is 12.5 Å². The number of fused-ring (bicyclic) bond motifs is 2. The van der Waals surface area contributed by atoms with Crippen LogP contribution in [0.2, 0.25) is 0 Å². The highest BCUT2D eigenvalue weighted by Crippen LogP contribution is 2.50. The molecule has 1 saturated carbocycles. The number of halogens is 3. The summed E-state index contributed by atoms with van der Waals surface area (Å²) in [5, 5.41) is 9.27. The van der Waals surface area contributed by atoms with Crippen molar-refractivity contribution in [3.05, 3.63) is 29.3 Å². The number of ether oxygens (including phenoxy) is 1. The second kappa shape index (κ2) is 7.25. The van der Waals surface area contributed by atoms with E-state index in [0.717, 1.165) is 31.4 Å². The Morgan fingerprint density at radius 2 is 1.96 bits per heavy atom. The molecule has 1 spiro atoms. The van der Waals surface area contributed by atoms with E-state index in [1.54, 1.807) is 0 Å². The van der Waals surface area contributed by atoms with Gasteiger partial charge in [0.2, 0.25) is 0 Å². The Balaban J connectivity index is 1.43. The van der Waals surface area contributed by atoms with Gasteiger partial charge in [0.15, 0.2) is 0 Å². The minimum Gasteiger partial charge on any atom is -0.489 e. The lowest BCUT2D eigenvalue weighted by molar-refractivity contribution is -0.144. The predicted molar refractivity (Wildman–Crippen MR) is 97.6 cm³/mol. The molecule has 2 aliphatic carbocycles. The molecule has 1 atom stereocenters. The average molecular weight is 397 g/mol. The normalized spacial score (nSPS) is 30.5. The first-order chi connectivity index (χ1) is 13.2. The number of carboxylic acids is 1. The molecular formula is C21H26F3NO3. The van der Waals surface area contributed by atoms with Crippen molar-refractivity contribution in [1.82, 2.24) is 4.90 Å². The van der Waals surface area contributed by atoms with Crippen LogP contribution in [0.3, 0.4) is 0 Å². The molecule has 0 radical (unpaired) electrons. The van der Waals surface area contributed by atoms with Gasteiger partial charge in [-0.2, -0.15) is 13.2 Å². The van der Waals surface area contributed by atoms with Gasteiger partial charge in [-0.05, 0) is 73.6 Å². The first-order valence-electron chi connectivity index (χ1n) is 10.1. The monoisotopic (exact) mass is 397 g/mol. The van der Waals surface area contributed by atoms with Crippen LogP contribution in [-0.4, -0.2) is 47.9 Å². The summed E-state index contributed by atoms with van der Waals surface area (Å²) in [6, 6.07) is 6.06. The Kier molecular flexibility index (Phi) is 5.06. The van der Waals surface area contributed by atoms with Crippen LogP contribution >= 0.6 is 0 Å². The van der Waals surface area contributed by atoms with E-state index >= 15 is 0 Å². The van der Waals surface area contributed by atoms with Crippen LogP contribution in [0.15, 0.2) is 18.2 Å². The molecule has 1 unspecified atom stereocenters. The third-order valence-corrected chi connectivity index (χ3v) is 6.75. The lowest BCUT2D eigenvalue weighted by Gasteiger charge is -2.37. The molecule has 7 heteroatoms. The van der Waals surface area contributed by atoms with Gasteiger partial charge in [-0.15, -0.1) is 0 Å². The molecule has 154 valence electrons. The Bertz CT molecular complexity index is 741. The first kappa shape index (κ1) is 19.6. The van der Waals surface area contributed by atoms with Crippen LogP contribution in [0.4, 0.5) is 13.2 Å². The maximum atomic E-state index is 12.6. The fourth-order valence-electron chi connectivity index (χ4n) is 5.27. The maximum Gasteiger partial charge on any atom is 0.401 e. The van der Waals surface area contributed by atoms with Gasteiger partial charge in [-0.25, -0.2) is 0 Å². The van der Waals surface area contributed by atoms with Crippen LogP contribution in [0.1, 0.15) is 49.7 Å². The van der Waals surface area contributed by atoms with Gasteiger partial charge in [-0.3, -0.25) is 9.69 Å². The quantitative estimate of drug-likeness (QED) is 0.829. The number of hydrogen-bond acceptors (Lipinski definition) is 3. The molecule has 0 amide bonds. The summed E-state index contributed by atoms with van der Waals surface area (Å²) in [4.78, 5) is 12.7. The number of carbonyl (C=O) groups is 1. The van der Waals surface area contributed by atoms with Crippen molar-refractivity contribution in [3.63, 3.8) is 0 Å². The van der Waals surface area contributed by atoms with E-state index < -0.39 is 18.7 Å². The summed E-state index contributed by atoms with van der Waals surface area (Å²) < 4.78 is 43.8. The number of aryl methyl sites for hydroxylation is 1. The Morgan fingerprint density at radius 3 is 2.64 bits per heavy atom. The topological polar surface area (TPSA) is 49.8 Å². The number of hydrogen-bond donors (Lipinski definition) is 1. The third kappa shape index (κ3) is 4.00. The van der Waals surface area contributed by atoms with E-state index in [1.807, 2.05) is 6.07 Å². The van der Waals surface area contributed by atoms with Crippen LogP contribution in [-0.2, 0) is 16.6 Å². The maximum absolute atomic E-state index is 12.6. The second-order valence-corrected chi connectivity index (χ2v) is 8.59. The Labute approximate surface area is 162 Å². The van der Waals surface area contributed by atoms with Crippen molar-refractivity contribution in [2.45, 2.75) is 62.6 Å². The van der Waals surface area contributed by atoms with Crippen molar-refractivity contribution >= 4 is 5.97 Å². The molecule has 1 N–H and O–H groups in total. The number of benzene rings is 1. The van der Waals surface area contributed by atoms with Crippen molar-refractivity contribution in [2.24, 2.45) is 5.92 Å². The van der Waals surface area contributed by atoms with Gasteiger partial charge in [0.25, 0.3) is 0 Å². The molecule has 1 aliphatic heterocycles. The largest absolute Gasteiger partial charge is 0.489 e. The van der Waals surface area contributed by atoms with Crippen LogP contribution in [0.5, 0.6) is 5.75 Å². The molecule has 0 bridgehead atoms. The Morgan fingerprint density at radius 1 is 1.21 bits per heavy atom. The number of alkyl halides is 3. The summed E-state index contributed by atoms with van der Waals surface area (Å²) in [6.45, 7) is -0.192. The molecule has 4 rings (SSSR count). The lowest BCUT2D eigenvalue weighted by Crippen LogP contribution is -2.34. The van der Waals surface area contributed by atoms with E-state index in [2.05, 4.69) is 12.1 Å². The highest BCUT2D eigenvalue weighted by molar-refractivity contribution is 5.70. The zero-order valence-electron chi connectivity index (χ0n) is 15.8. The number of aliphatic carboxylic acids is 1. The molecule has 1 saturated heterocycles. The van der Waals surface area contributed by atoms with Crippen LogP contribution < -0.4 is 4.74 Å². The molecule has 1 aromatic carbocycles. The molecule has 1 heterocycles. The number of likely N-dealkylation sites (tertiary alicyclic amines) is 1. The van der Waals surface area contributed by atoms with Gasteiger partial charge in [-0.1, -0.05) is 6.07 Å². The molecule has 3 aliphatic rings. The van der Waals surface area contributed by atoms with E-state index in [1.165, 1.54) is 16.0 Å². The SMILES string of the molecule is O=C(O)C1CCC2(CCc3ccc(OC4CCN(CC(F)(F)F)C4)cc32)CC1. The average Bonchev–Trinajstić information content (AvgIpc) is 3.19. The molecular weight excluding hydrogens is 371 g/mol. The minimum atomic E-state index is -4.18. The summed E-state index contributed by atoms with van der Waals surface area (Å²) in [5.41, 5.74) is 2.60. The molecule has 1 aromatic rings. The molecule has 4 nitrogen and oxygen atoms in total. The lowest BCUT2D eigenvalue weighted by atomic mass is 9.67. The van der Waals surface area contributed by atoms with Gasteiger partial charge < -0.3 is 9.84 Å². The summed E-state index contributed by atoms with van der Waals surface area (Å²) in [5.74, 6) is -0.221. The van der Waals surface area contributed by atoms with E-state index in [0.29, 0.717) is 32.4 Å². The summed E-state index contributed by atoms with van der Waals surface area (Å²) in [6.07, 6.45) is 1.40. The minimum absolute atomic E-state index is 0.0403. The predicted octanol–water partition coefficient (Wildman–Crippen LogP) is 4.16. The zero-order chi connectivity index (χ0) is 19.9. The van der Waals surface area contributed by atoms with Crippen LogP contribution in [0.25, 0.3) is 0 Å². The first-order valence-corrected chi connectivity index (χ1v) is 10.1. The third-order valence-electron chi connectivity index (χ3n) is 6.75. The highest BCUT2D eigenvalue weighted by atomic mass is 19.4. The summed E-state index contributed by atoms with van der Waals surface area (Å²) >= 11 is 0. The molecule has 28 heavy (non-hydrogen) atoms. The van der Waals surface area contributed by atoms with E-state index in [-0.39, 0.29) is 17.4 Å². The van der Waals surface area contributed by atoms with Gasteiger partial charge in [0, 0.05) is 13.1 Å². The van der Waals surface area contributed by atoms with Crippen molar-refractivity contribution < 1.29 is 27.8 Å². The highest BCUT2D eigenvalue weighted by Gasteiger charge is 2.43.